The molecular weight excluding hydrogens is 264 g/mol. The Hall–Kier alpha value is -2.39. The van der Waals surface area contributed by atoms with Crippen LogP contribution in [0.4, 0.5) is 0 Å². The zero-order chi connectivity index (χ0) is 15.1. The maximum absolute atomic E-state index is 11.2. The highest BCUT2D eigenvalue weighted by Crippen LogP contribution is 2.24. The third-order valence-electron chi connectivity index (χ3n) is 3.14. The number of rotatable bonds is 6. The van der Waals surface area contributed by atoms with E-state index in [4.69, 9.17) is 4.74 Å². The Morgan fingerprint density at radius 1 is 1.14 bits per heavy atom. The van der Waals surface area contributed by atoms with Crippen LogP contribution in [0.25, 0.3) is 11.1 Å². The summed E-state index contributed by atoms with van der Waals surface area (Å²) >= 11 is 0. The molecule has 108 valence electrons. The number of carboxylic acid groups (broad SMARTS) is 1. The van der Waals surface area contributed by atoms with Crippen molar-refractivity contribution in [2.45, 2.75) is 13.5 Å². The van der Waals surface area contributed by atoms with Gasteiger partial charge in [-0.2, -0.15) is 0 Å². The van der Waals surface area contributed by atoms with E-state index in [0.29, 0.717) is 18.8 Å². The maximum atomic E-state index is 11.2. The molecule has 2 rings (SSSR count). The van der Waals surface area contributed by atoms with Crippen molar-refractivity contribution in [3.63, 3.8) is 0 Å². The Bertz CT molecular complexity index is 627. The van der Waals surface area contributed by atoms with Crippen molar-refractivity contribution >= 4 is 5.97 Å². The largest absolute Gasteiger partial charge is 0.478 e. The van der Waals surface area contributed by atoms with Gasteiger partial charge in [-0.25, -0.2) is 4.79 Å². The second kappa shape index (κ2) is 7.41. The lowest BCUT2D eigenvalue weighted by Crippen LogP contribution is -1.99. The van der Waals surface area contributed by atoms with Crippen LogP contribution in [0.2, 0.25) is 0 Å². The number of hydrogen-bond acceptors (Lipinski definition) is 2. The summed E-state index contributed by atoms with van der Waals surface area (Å²) in [6.45, 7) is 3.10. The lowest BCUT2D eigenvalue weighted by Gasteiger charge is -2.07. The zero-order valence-electron chi connectivity index (χ0n) is 12.0. The lowest BCUT2D eigenvalue weighted by atomic mass is 9.99. The molecule has 2 aromatic carbocycles. The first-order valence-corrected chi connectivity index (χ1v) is 6.83. The van der Waals surface area contributed by atoms with Gasteiger partial charge >= 0.3 is 5.97 Å². The predicted molar refractivity (Wildman–Crippen MR) is 83.3 cm³/mol. The molecular formula is C18H18O3. The number of aromatic carboxylic acids is 1. The molecule has 0 bridgehead atoms. The molecule has 21 heavy (non-hydrogen) atoms. The maximum Gasteiger partial charge on any atom is 0.336 e. The normalized spacial score (nSPS) is 10.9. The molecule has 0 heterocycles. The summed E-state index contributed by atoms with van der Waals surface area (Å²) in [7, 11) is 0. The molecule has 2 aromatic rings. The van der Waals surface area contributed by atoms with Gasteiger partial charge in [0.25, 0.3) is 0 Å². The third-order valence-corrected chi connectivity index (χ3v) is 3.14. The van der Waals surface area contributed by atoms with E-state index < -0.39 is 5.97 Å². The number of hydrogen-bond donors (Lipinski definition) is 1. The van der Waals surface area contributed by atoms with E-state index in [-0.39, 0.29) is 0 Å². The fourth-order valence-electron chi connectivity index (χ4n) is 2.04. The molecule has 0 saturated heterocycles. The number of carboxylic acids is 1. The zero-order valence-corrected chi connectivity index (χ0v) is 12.0. The molecule has 3 nitrogen and oxygen atoms in total. The van der Waals surface area contributed by atoms with Crippen molar-refractivity contribution in [1.82, 2.24) is 0 Å². The highest BCUT2D eigenvalue weighted by Gasteiger charge is 2.10. The molecule has 1 N–H and O–H groups in total. The second-order valence-electron chi connectivity index (χ2n) is 4.63. The summed E-state index contributed by atoms with van der Waals surface area (Å²) < 4.78 is 5.49. The predicted octanol–water partition coefficient (Wildman–Crippen LogP) is 4.14. The van der Waals surface area contributed by atoms with Crippen molar-refractivity contribution < 1.29 is 14.6 Å². The Morgan fingerprint density at radius 2 is 1.86 bits per heavy atom. The lowest BCUT2D eigenvalue weighted by molar-refractivity contribution is 0.0697. The summed E-state index contributed by atoms with van der Waals surface area (Å²) in [5, 5.41) is 9.22. The van der Waals surface area contributed by atoms with E-state index in [1.54, 1.807) is 12.1 Å². The molecule has 0 radical (unpaired) electrons. The van der Waals surface area contributed by atoms with Crippen LogP contribution in [0.1, 0.15) is 22.8 Å². The van der Waals surface area contributed by atoms with Crippen LogP contribution >= 0.6 is 0 Å². The van der Waals surface area contributed by atoms with Gasteiger partial charge in [-0.15, -0.1) is 0 Å². The number of carbonyl (C=O) groups is 1. The van der Waals surface area contributed by atoms with Crippen LogP contribution in [-0.2, 0) is 11.3 Å². The van der Waals surface area contributed by atoms with Crippen LogP contribution in [-0.4, -0.2) is 17.7 Å². The average molecular weight is 282 g/mol. The first-order chi connectivity index (χ1) is 10.2. The molecule has 0 aliphatic carbocycles. The minimum absolute atomic E-state index is 0.314. The van der Waals surface area contributed by atoms with Gasteiger partial charge in [0.2, 0.25) is 0 Å². The van der Waals surface area contributed by atoms with Crippen molar-refractivity contribution in [1.29, 1.82) is 0 Å². The SMILES string of the molecule is CC=CCOCc1ccc(-c2ccccc2C(=O)O)cc1. The topological polar surface area (TPSA) is 46.5 Å². The molecule has 0 saturated carbocycles. The van der Waals surface area contributed by atoms with E-state index in [2.05, 4.69) is 0 Å². The minimum Gasteiger partial charge on any atom is -0.478 e. The summed E-state index contributed by atoms with van der Waals surface area (Å²) in [6.07, 6.45) is 3.91. The van der Waals surface area contributed by atoms with Crippen LogP contribution in [0.15, 0.2) is 60.7 Å². The fourth-order valence-corrected chi connectivity index (χ4v) is 2.04. The van der Waals surface area contributed by atoms with Gasteiger partial charge in [-0.1, -0.05) is 54.6 Å². The molecule has 0 atom stereocenters. The summed E-state index contributed by atoms with van der Waals surface area (Å²) in [6, 6.07) is 14.8. The Morgan fingerprint density at radius 3 is 2.52 bits per heavy atom. The minimum atomic E-state index is -0.913. The highest BCUT2D eigenvalue weighted by atomic mass is 16.5. The van der Waals surface area contributed by atoms with Gasteiger partial charge in [-0.3, -0.25) is 0 Å². The van der Waals surface area contributed by atoms with Gasteiger partial charge in [-0.05, 0) is 29.7 Å². The smallest absolute Gasteiger partial charge is 0.336 e. The molecule has 0 aliphatic heterocycles. The number of allylic oxidation sites excluding steroid dienone is 1. The molecule has 0 aromatic heterocycles. The van der Waals surface area contributed by atoms with Gasteiger partial charge in [0.15, 0.2) is 0 Å². The van der Waals surface area contributed by atoms with Crippen LogP contribution in [0.5, 0.6) is 0 Å². The Kier molecular flexibility index (Phi) is 5.29. The molecule has 3 heteroatoms. The van der Waals surface area contributed by atoms with Crippen molar-refractivity contribution in [3.8, 4) is 11.1 Å². The van der Waals surface area contributed by atoms with Crippen molar-refractivity contribution in [2.75, 3.05) is 6.61 Å². The van der Waals surface area contributed by atoms with E-state index in [1.165, 1.54) is 0 Å². The first kappa shape index (κ1) is 15.0. The average Bonchev–Trinajstić information content (AvgIpc) is 2.52. The molecule has 0 amide bonds. The molecule has 0 spiro atoms. The Labute approximate surface area is 124 Å². The van der Waals surface area contributed by atoms with Crippen LogP contribution in [0.3, 0.4) is 0 Å². The van der Waals surface area contributed by atoms with E-state index >= 15 is 0 Å². The quantitative estimate of drug-likeness (QED) is 0.639. The van der Waals surface area contributed by atoms with Gasteiger partial charge in [0.1, 0.15) is 0 Å². The van der Waals surface area contributed by atoms with Crippen molar-refractivity contribution in [2.24, 2.45) is 0 Å². The fraction of sp³-hybridized carbons (Fsp3) is 0.167. The van der Waals surface area contributed by atoms with Gasteiger partial charge in [0, 0.05) is 0 Å². The van der Waals surface area contributed by atoms with E-state index in [1.807, 2.05) is 55.5 Å². The summed E-state index contributed by atoms with van der Waals surface area (Å²) in [5.41, 5.74) is 3.00. The summed E-state index contributed by atoms with van der Waals surface area (Å²) in [4.78, 5) is 11.2. The van der Waals surface area contributed by atoms with Crippen LogP contribution in [0, 0.1) is 0 Å². The van der Waals surface area contributed by atoms with E-state index in [9.17, 15) is 9.90 Å². The first-order valence-electron chi connectivity index (χ1n) is 6.83. The number of benzene rings is 2. The standard InChI is InChI=1S/C18H18O3/c1-2-3-12-21-13-14-8-10-15(11-9-14)16-6-4-5-7-17(16)18(19)20/h2-11H,12-13H2,1H3,(H,19,20). The van der Waals surface area contributed by atoms with Crippen LogP contribution < -0.4 is 0 Å². The highest BCUT2D eigenvalue weighted by molar-refractivity contribution is 5.95. The second-order valence-corrected chi connectivity index (χ2v) is 4.63. The molecule has 0 fully saturated rings. The third kappa shape index (κ3) is 4.04. The van der Waals surface area contributed by atoms with Gasteiger partial charge in [0.05, 0.1) is 18.8 Å². The Balaban J connectivity index is 2.14. The summed E-state index contributed by atoms with van der Waals surface area (Å²) in [5.74, 6) is -0.913. The monoisotopic (exact) mass is 282 g/mol. The molecule has 0 aliphatic rings. The number of ether oxygens (including phenoxy) is 1. The molecule has 0 unspecified atom stereocenters. The van der Waals surface area contributed by atoms with E-state index in [0.717, 1.165) is 16.7 Å². The van der Waals surface area contributed by atoms with Gasteiger partial charge < -0.3 is 9.84 Å². The van der Waals surface area contributed by atoms with Crippen molar-refractivity contribution in [3.05, 3.63) is 71.8 Å².